The van der Waals surface area contributed by atoms with E-state index in [4.69, 9.17) is 0 Å². The topological polar surface area (TPSA) is 71.2 Å². The number of para-hydroxylation sites is 1. The molecule has 6 heteroatoms. The average Bonchev–Trinajstić information content (AvgIpc) is 3.21. The van der Waals surface area contributed by atoms with Crippen molar-refractivity contribution in [2.75, 3.05) is 13.7 Å². The van der Waals surface area contributed by atoms with Crippen molar-refractivity contribution in [3.63, 3.8) is 0 Å². The number of nitrogens with one attached hydrogen (secondary N) is 2. The summed E-state index contributed by atoms with van der Waals surface area (Å²) in [5, 5.41) is 4.05. The molecule has 0 spiro atoms. The van der Waals surface area contributed by atoms with Crippen LogP contribution in [0.5, 0.6) is 0 Å². The van der Waals surface area contributed by atoms with E-state index in [0.717, 1.165) is 23.3 Å². The van der Waals surface area contributed by atoms with Gasteiger partial charge in [-0.2, -0.15) is 0 Å². The predicted octanol–water partition coefficient (Wildman–Crippen LogP) is 2.99. The Morgan fingerprint density at radius 2 is 1.96 bits per heavy atom. The van der Waals surface area contributed by atoms with E-state index >= 15 is 0 Å². The first kappa shape index (κ1) is 15.3. The molecule has 5 nitrogen and oxygen atoms in total. The standard InChI is InChI=1S/C17H16N2O3S/c1-22-17(21)15-7-6-14(23-15)16(20)18-9-8-11-10-19-13-5-3-2-4-12(11)13/h2-7,10,19H,8-9H2,1H3,(H,18,20). The monoisotopic (exact) mass is 328 g/mol. The second-order valence-corrected chi connectivity index (χ2v) is 6.10. The molecular formula is C17H16N2O3S. The fourth-order valence-electron chi connectivity index (χ4n) is 2.41. The number of thiophene rings is 1. The van der Waals surface area contributed by atoms with Gasteiger partial charge in [0.25, 0.3) is 5.91 Å². The largest absolute Gasteiger partial charge is 0.465 e. The third kappa shape index (κ3) is 3.27. The van der Waals surface area contributed by atoms with Crippen LogP contribution in [-0.2, 0) is 11.2 Å². The number of amides is 1. The molecule has 2 N–H and O–H groups in total. The van der Waals surface area contributed by atoms with Crippen molar-refractivity contribution in [1.82, 2.24) is 10.3 Å². The summed E-state index contributed by atoms with van der Waals surface area (Å²) in [4.78, 5) is 27.6. The van der Waals surface area contributed by atoms with Crippen molar-refractivity contribution < 1.29 is 14.3 Å². The van der Waals surface area contributed by atoms with Crippen molar-refractivity contribution in [3.05, 3.63) is 57.9 Å². The van der Waals surface area contributed by atoms with Crippen LogP contribution in [-0.4, -0.2) is 30.5 Å². The zero-order valence-electron chi connectivity index (χ0n) is 12.6. The van der Waals surface area contributed by atoms with Crippen molar-refractivity contribution in [1.29, 1.82) is 0 Å². The Morgan fingerprint density at radius 3 is 2.78 bits per heavy atom. The minimum atomic E-state index is -0.423. The zero-order valence-corrected chi connectivity index (χ0v) is 13.4. The lowest BCUT2D eigenvalue weighted by atomic mass is 10.1. The van der Waals surface area contributed by atoms with Crippen molar-refractivity contribution in [2.45, 2.75) is 6.42 Å². The molecule has 2 aromatic heterocycles. The smallest absolute Gasteiger partial charge is 0.348 e. The zero-order chi connectivity index (χ0) is 16.2. The normalized spacial score (nSPS) is 10.7. The Morgan fingerprint density at radius 1 is 1.17 bits per heavy atom. The summed E-state index contributed by atoms with van der Waals surface area (Å²) in [6, 6.07) is 11.3. The number of hydrogen-bond acceptors (Lipinski definition) is 4. The fraction of sp³-hybridized carbons (Fsp3) is 0.176. The summed E-state index contributed by atoms with van der Waals surface area (Å²) in [6.07, 6.45) is 2.71. The van der Waals surface area contributed by atoms with Gasteiger partial charge < -0.3 is 15.0 Å². The molecule has 0 aliphatic rings. The van der Waals surface area contributed by atoms with E-state index in [1.165, 1.54) is 18.1 Å². The minimum absolute atomic E-state index is 0.176. The van der Waals surface area contributed by atoms with E-state index in [9.17, 15) is 9.59 Å². The van der Waals surface area contributed by atoms with Gasteiger partial charge in [0.05, 0.1) is 12.0 Å². The third-order valence-corrected chi connectivity index (χ3v) is 4.64. The average molecular weight is 328 g/mol. The van der Waals surface area contributed by atoms with Crippen LogP contribution in [0.25, 0.3) is 10.9 Å². The van der Waals surface area contributed by atoms with Gasteiger partial charge in [-0.05, 0) is 30.2 Å². The molecule has 0 saturated carbocycles. The summed E-state index contributed by atoms with van der Waals surface area (Å²) in [5.74, 6) is -0.599. The molecule has 1 amide bonds. The molecule has 0 atom stereocenters. The Labute approximate surface area is 137 Å². The van der Waals surface area contributed by atoms with Gasteiger partial charge in [-0.1, -0.05) is 18.2 Å². The Balaban J connectivity index is 1.59. The molecule has 3 rings (SSSR count). The summed E-state index contributed by atoms with van der Waals surface area (Å²) in [7, 11) is 1.32. The van der Waals surface area contributed by atoms with E-state index in [1.807, 2.05) is 24.4 Å². The van der Waals surface area contributed by atoms with Crippen molar-refractivity contribution in [3.8, 4) is 0 Å². The highest BCUT2D eigenvalue weighted by molar-refractivity contribution is 7.15. The molecule has 0 fully saturated rings. The lowest BCUT2D eigenvalue weighted by Crippen LogP contribution is -2.24. The molecular weight excluding hydrogens is 312 g/mol. The van der Waals surface area contributed by atoms with E-state index in [1.54, 1.807) is 12.1 Å². The van der Waals surface area contributed by atoms with E-state index in [2.05, 4.69) is 21.1 Å². The summed E-state index contributed by atoms with van der Waals surface area (Å²) >= 11 is 1.13. The van der Waals surface area contributed by atoms with Crippen LogP contribution in [0.3, 0.4) is 0 Å². The molecule has 0 unspecified atom stereocenters. The van der Waals surface area contributed by atoms with Crippen LogP contribution < -0.4 is 5.32 Å². The van der Waals surface area contributed by atoms with Gasteiger partial charge in [0.1, 0.15) is 4.88 Å². The predicted molar refractivity (Wildman–Crippen MR) is 90.0 cm³/mol. The number of aromatic amines is 1. The minimum Gasteiger partial charge on any atom is -0.465 e. The van der Waals surface area contributed by atoms with Crippen LogP contribution in [0, 0.1) is 0 Å². The Bertz CT molecular complexity index is 850. The maximum Gasteiger partial charge on any atom is 0.348 e. The van der Waals surface area contributed by atoms with Crippen LogP contribution in [0.15, 0.2) is 42.6 Å². The third-order valence-electron chi connectivity index (χ3n) is 3.57. The van der Waals surface area contributed by atoms with Gasteiger partial charge in [-0.25, -0.2) is 4.79 Å². The fourth-order valence-corrected chi connectivity index (χ4v) is 3.25. The quantitative estimate of drug-likeness (QED) is 0.707. The summed E-state index contributed by atoms with van der Waals surface area (Å²) in [5.41, 5.74) is 2.26. The second kappa shape index (κ2) is 6.66. The lowest BCUT2D eigenvalue weighted by Gasteiger charge is -2.03. The van der Waals surface area contributed by atoms with Gasteiger partial charge in [-0.15, -0.1) is 11.3 Å². The van der Waals surface area contributed by atoms with Crippen LogP contribution in [0.4, 0.5) is 0 Å². The summed E-state index contributed by atoms with van der Waals surface area (Å²) in [6.45, 7) is 0.534. The number of methoxy groups -OCH3 is 1. The first-order chi connectivity index (χ1) is 11.2. The number of carbonyl (C=O) groups is 2. The van der Waals surface area contributed by atoms with Crippen LogP contribution in [0.2, 0.25) is 0 Å². The van der Waals surface area contributed by atoms with Crippen molar-refractivity contribution >= 4 is 34.1 Å². The molecule has 2 heterocycles. The number of carbonyl (C=O) groups excluding carboxylic acids is 2. The molecule has 3 aromatic rings. The number of ether oxygens (including phenoxy) is 1. The number of rotatable bonds is 5. The highest BCUT2D eigenvalue weighted by Crippen LogP contribution is 2.19. The van der Waals surface area contributed by atoms with Crippen LogP contribution in [0.1, 0.15) is 24.9 Å². The number of fused-ring (bicyclic) bond motifs is 1. The van der Waals surface area contributed by atoms with E-state index in [0.29, 0.717) is 16.3 Å². The number of esters is 1. The lowest BCUT2D eigenvalue weighted by molar-refractivity contribution is 0.0606. The number of aromatic nitrogens is 1. The molecule has 118 valence electrons. The maximum atomic E-state index is 12.1. The van der Waals surface area contributed by atoms with Gasteiger partial charge in [0.15, 0.2) is 0 Å². The highest BCUT2D eigenvalue weighted by Gasteiger charge is 2.13. The molecule has 0 aliphatic heterocycles. The van der Waals surface area contributed by atoms with Gasteiger partial charge in [0.2, 0.25) is 0 Å². The molecule has 23 heavy (non-hydrogen) atoms. The maximum absolute atomic E-state index is 12.1. The van der Waals surface area contributed by atoms with Gasteiger partial charge in [0, 0.05) is 23.6 Å². The molecule has 1 aromatic carbocycles. The van der Waals surface area contributed by atoms with Crippen LogP contribution >= 0.6 is 11.3 Å². The Hall–Kier alpha value is -2.60. The Kier molecular flexibility index (Phi) is 4.43. The number of H-pyrrole nitrogens is 1. The van der Waals surface area contributed by atoms with E-state index < -0.39 is 5.97 Å². The number of benzene rings is 1. The molecule has 0 radical (unpaired) electrons. The number of hydrogen-bond donors (Lipinski definition) is 2. The van der Waals surface area contributed by atoms with E-state index in [-0.39, 0.29) is 5.91 Å². The first-order valence-corrected chi connectivity index (χ1v) is 8.02. The first-order valence-electron chi connectivity index (χ1n) is 7.20. The molecule has 0 bridgehead atoms. The second-order valence-electron chi connectivity index (χ2n) is 5.02. The van der Waals surface area contributed by atoms with Gasteiger partial charge >= 0.3 is 5.97 Å². The highest BCUT2D eigenvalue weighted by atomic mass is 32.1. The molecule has 0 aliphatic carbocycles. The summed E-state index contributed by atoms with van der Waals surface area (Å²) < 4.78 is 4.64. The SMILES string of the molecule is COC(=O)c1ccc(C(=O)NCCc2c[nH]c3ccccc23)s1. The van der Waals surface area contributed by atoms with Gasteiger partial charge in [-0.3, -0.25) is 4.79 Å². The molecule has 0 saturated heterocycles. The van der Waals surface area contributed by atoms with Crippen molar-refractivity contribution in [2.24, 2.45) is 0 Å².